The van der Waals surface area contributed by atoms with Gasteiger partial charge in [0.05, 0.1) is 12.7 Å². The highest BCUT2D eigenvalue weighted by molar-refractivity contribution is 5.91. The van der Waals surface area contributed by atoms with Crippen LogP contribution in [0.25, 0.3) is 0 Å². The average Bonchev–Trinajstić information content (AvgIpc) is 2.90. The molecule has 3 heteroatoms. The standard InChI is InChI=1S/C21H22O3/c1-20-13-12-19(22)21(24-20,16-6-4-3-5-7-16)18(14-20)15-8-10-17(23-2)11-9-15/h3-11,18H,12-14H2,1-2H3. The highest BCUT2D eigenvalue weighted by Gasteiger charge is 2.61. The van der Waals surface area contributed by atoms with Gasteiger partial charge in [-0.2, -0.15) is 0 Å². The number of rotatable bonds is 3. The molecule has 0 aromatic heterocycles. The first-order chi connectivity index (χ1) is 11.6. The van der Waals surface area contributed by atoms with Crippen molar-refractivity contribution in [3.63, 3.8) is 0 Å². The number of hydrogen-bond donors (Lipinski definition) is 0. The van der Waals surface area contributed by atoms with Gasteiger partial charge in [-0.25, -0.2) is 0 Å². The van der Waals surface area contributed by atoms with Crippen molar-refractivity contribution in [1.82, 2.24) is 0 Å². The average molecular weight is 322 g/mol. The zero-order valence-corrected chi connectivity index (χ0v) is 14.1. The third-order valence-electron chi connectivity index (χ3n) is 5.55. The summed E-state index contributed by atoms with van der Waals surface area (Å²) in [5, 5.41) is 0. The fourth-order valence-corrected chi connectivity index (χ4v) is 4.34. The summed E-state index contributed by atoms with van der Waals surface area (Å²) in [6, 6.07) is 18.0. The van der Waals surface area contributed by atoms with Crippen molar-refractivity contribution in [3.05, 3.63) is 65.7 Å². The van der Waals surface area contributed by atoms with Crippen LogP contribution in [0.3, 0.4) is 0 Å². The Hall–Kier alpha value is -2.13. The Balaban J connectivity index is 1.86. The van der Waals surface area contributed by atoms with Gasteiger partial charge in [0.15, 0.2) is 11.4 Å². The summed E-state index contributed by atoms with van der Waals surface area (Å²) in [7, 11) is 1.66. The summed E-state index contributed by atoms with van der Waals surface area (Å²) in [6.07, 6.45) is 2.24. The number of fused-ring (bicyclic) bond motifs is 2. The second kappa shape index (κ2) is 5.45. The molecule has 0 amide bonds. The van der Waals surface area contributed by atoms with E-state index in [1.807, 2.05) is 42.5 Å². The summed E-state index contributed by atoms with van der Waals surface area (Å²) in [5.74, 6) is 1.06. The number of carbonyl (C=O) groups excluding carboxylic acids is 1. The van der Waals surface area contributed by atoms with Crippen molar-refractivity contribution >= 4 is 5.78 Å². The second-order valence-electron chi connectivity index (χ2n) is 7.11. The largest absolute Gasteiger partial charge is 0.497 e. The minimum Gasteiger partial charge on any atom is -0.497 e. The molecule has 2 aliphatic heterocycles. The van der Waals surface area contributed by atoms with Gasteiger partial charge in [0.25, 0.3) is 0 Å². The molecular formula is C21H22O3. The van der Waals surface area contributed by atoms with E-state index in [0.717, 1.165) is 29.7 Å². The SMILES string of the molecule is COc1ccc(C2CC3(C)CCC(=O)C2(c2ccccc2)O3)cc1. The lowest BCUT2D eigenvalue weighted by atomic mass is 9.74. The molecule has 3 nitrogen and oxygen atoms in total. The van der Waals surface area contributed by atoms with Crippen molar-refractivity contribution in [3.8, 4) is 5.75 Å². The number of methoxy groups -OCH3 is 1. The quantitative estimate of drug-likeness (QED) is 0.849. The molecule has 2 aromatic carbocycles. The van der Waals surface area contributed by atoms with E-state index in [2.05, 4.69) is 19.1 Å². The molecule has 2 fully saturated rings. The van der Waals surface area contributed by atoms with E-state index >= 15 is 0 Å². The van der Waals surface area contributed by atoms with E-state index in [4.69, 9.17) is 9.47 Å². The molecule has 3 atom stereocenters. The van der Waals surface area contributed by atoms with Crippen LogP contribution in [0, 0.1) is 0 Å². The molecule has 2 aliphatic rings. The molecule has 0 N–H and O–H groups in total. The van der Waals surface area contributed by atoms with Gasteiger partial charge in [-0.3, -0.25) is 4.79 Å². The van der Waals surface area contributed by atoms with Crippen molar-refractivity contribution in [2.24, 2.45) is 0 Å². The summed E-state index contributed by atoms with van der Waals surface area (Å²) >= 11 is 0. The highest BCUT2D eigenvalue weighted by atomic mass is 16.5. The molecule has 2 heterocycles. The van der Waals surface area contributed by atoms with Crippen molar-refractivity contribution in [2.45, 2.75) is 43.3 Å². The Morgan fingerprint density at radius 1 is 1.08 bits per heavy atom. The maximum atomic E-state index is 13.1. The summed E-state index contributed by atoms with van der Waals surface area (Å²) < 4.78 is 11.8. The molecule has 0 radical (unpaired) electrons. The van der Waals surface area contributed by atoms with Crippen LogP contribution in [0.4, 0.5) is 0 Å². The van der Waals surface area contributed by atoms with Crippen LogP contribution in [-0.2, 0) is 15.1 Å². The maximum absolute atomic E-state index is 13.1. The predicted octanol–water partition coefficient (Wildman–Crippen LogP) is 4.22. The molecule has 24 heavy (non-hydrogen) atoms. The number of carbonyl (C=O) groups is 1. The van der Waals surface area contributed by atoms with Gasteiger partial charge in [0.2, 0.25) is 0 Å². The van der Waals surface area contributed by atoms with Crippen LogP contribution in [0.5, 0.6) is 5.75 Å². The number of hydrogen-bond acceptors (Lipinski definition) is 3. The predicted molar refractivity (Wildman–Crippen MR) is 92.2 cm³/mol. The van der Waals surface area contributed by atoms with Gasteiger partial charge in [-0.15, -0.1) is 0 Å². The summed E-state index contributed by atoms with van der Waals surface area (Å²) in [6.45, 7) is 2.14. The van der Waals surface area contributed by atoms with Crippen LogP contribution in [0.1, 0.15) is 43.2 Å². The van der Waals surface area contributed by atoms with Gasteiger partial charge in [0, 0.05) is 12.3 Å². The minimum absolute atomic E-state index is 0.0332. The summed E-state index contributed by atoms with van der Waals surface area (Å²) in [4.78, 5) is 13.1. The van der Waals surface area contributed by atoms with Gasteiger partial charge >= 0.3 is 0 Å². The van der Waals surface area contributed by atoms with Crippen LogP contribution >= 0.6 is 0 Å². The van der Waals surface area contributed by atoms with E-state index in [0.29, 0.717) is 6.42 Å². The van der Waals surface area contributed by atoms with Crippen molar-refractivity contribution in [2.75, 3.05) is 7.11 Å². The minimum atomic E-state index is -0.858. The monoisotopic (exact) mass is 322 g/mol. The fraction of sp³-hybridized carbons (Fsp3) is 0.381. The molecule has 0 saturated carbocycles. The first kappa shape index (κ1) is 15.4. The first-order valence-corrected chi connectivity index (χ1v) is 8.50. The lowest BCUT2D eigenvalue weighted by molar-refractivity contribution is -0.169. The van der Waals surface area contributed by atoms with Gasteiger partial charge in [-0.1, -0.05) is 42.5 Å². The molecule has 0 spiro atoms. The third-order valence-corrected chi connectivity index (χ3v) is 5.55. The van der Waals surface area contributed by atoms with Gasteiger partial charge < -0.3 is 9.47 Å². The van der Waals surface area contributed by atoms with Crippen LogP contribution in [0.2, 0.25) is 0 Å². The van der Waals surface area contributed by atoms with Crippen molar-refractivity contribution in [1.29, 1.82) is 0 Å². The number of ketones is 1. The van der Waals surface area contributed by atoms with E-state index in [-0.39, 0.29) is 17.3 Å². The van der Waals surface area contributed by atoms with E-state index in [9.17, 15) is 4.79 Å². The normalized spacial score (nSPS) is 31.9. The van der Waals surface area contributed by atoms with Crippen LogP contribution in [0.15, 0.2) is 54.6 Å². The van der Waals surface area contributed by atoms with E-state index in [1.165, 1.54) is 0 Å². The van der Waals surface area contributed by atoms with Crippen LogP contribution in [-0.4, -0.2) is 18.5 Å². The first-order valence-electron chi connectivity index (χ1n) is 8.50. The molecule has 2 bridgehead atoms. The molecular weight excluding hydrogens is 300 g/mol. The molecule has 0 aliphatic carbocycles. The zero-order valence-electron chi connectivity index (χ0n) is 14.1. The van der Waals surface area contributed by atoms with E-state index < -0.39 is 5.60 Å². The Labute approximate surface area is 142 Å². The topological polar surface area (TPSA) is 35.5 Å². The highest BCUT2D eigenvalue weighted by Crippen LogP contribution is 2.58. The second-order valence-corrected chi connectivity index (χ2v) is 7.11. The molecule has 2 aromatic rings. The fourth-order valence-electron chi connectivity index (χ4n) is 4.34. The lowest BCUT2D eigenvalue weighted by Gasteiger charge is -2.39. The summed E-state index contributed by atoms with van der Waals surface area (Å²) in [5.41, 5.74) is 1.01. The van der Waals surface area contributed by atoms with Gasteiger partial charge in [-0.05, 0) is 43.0 Å². The number of Topliss-reactive ketones (excluding diaryl/α,β-unsaturated/α-hetero) is 1. The smallest absolute Gasteiger partial charge is 0.169 e. The maximum Gasteiger partial charge on any atom is 0.169 e. The molecule has 2 saturated heterocycles. The number of ether oxygens (including phenoxy) is 2. The molecule has 124 valence electrons. The lowest BCUT2D eigenvalue weighted by Crippen LogP contribution is -2.45. The van der Waals surface area contributed by atoms with Gasteiger partial charge in [0.1, 0.15) is 5.75 Å². The third kappa shape index (κ3) is 2.19. The van der Waals surface area contributed by atoms with Crippen LogP contribution < -0.4 is 4.74 Å². The Bertz CT molecular complexity index is 752. The molecule has 4 rings (SSSR count). The van der Waals surface area contributed by atoms with Crippen molar-refractivity contribution < 1.29 is 14.3 Å². The Kier molecular flexibility index (Phi) is 3.50. The zero-order chi connectivity index (χ0) is 16.8. The number of benzene rings is 2. The molecule has 3 unspecified atom stereocenters. The Morgan fingerprint density at radius 2 is 1.79 bits per heavy atom. The van der Waals surface area contributed by atoms with E-state index in [1.54, 1.807) is 7.11 Å². The Morgan fingerprint density at radius 3 is 2.46 bits per heavy atom.